The Hall–Kier alpha value is -1.32. The smallest absolute Gasteiger partial charge is 0.229 e. The number of aromatic amines is 1. The zero-order valence-electron chi connectivity index (χ0n) is 9.42. The highest BCUT2D eigenvalue weighted by molar-refractivity contribution is 5.94. The molecule has 82 valence electrons. The summed E-state index contributed by atoms with van der Waals surface area (Å²) in [6.45, 7) is 6.27. The third kappa shape index (κ3) is 2.03. The first-order valence-electron chi connectivity index (χ1n) is 5.38. The number of H-pyrrole nitrogens is 1. The van der Waals surface area contributed by atoms with Crippen molar-refractivity contribution in [2.45, 2.75) is 33.6 Å². The van der Waals surface area contributed by atoms with E-state index in [4.69, 9.17) is 0 Å². The molecule has 4 nitrogen and oxygen atoms in total. The van der Waals surface area contributed by atoms with Gasteiger partial charge in [-0.3, -0.25) is 9.89 Å². The second-order valence-corrected chi connectivity index (χ2v) is 4.87. The molecule has 0 saturated heterocycles. The third-order valence-corrected chi connectivity index (χ3v) is 3.09. The van der Waals surface area contributed by atoms with E-state index in [2.05, 4.69) is 29.4 Å². The van der Waals surface area contributed by atoms with E-state index in [0.29, 0.717) is 5.82 Å². The van der Waals surface area contributed by atoms with Crippen molar-refractivity contribution in [1.82, 2.24) is 10.2 Å². The van der Waals surface area contributed by atoms with E-state index in [1.807, 2.05) is 13.0 Å². The molecule has 1 aliphatic carbocycles. The molecular formula is C11H17N3O. The first-order valence-corrected chi connectivity index (χ1v) is 5.38. The average molecular weight is 207 g/mol. The van der Waals surface area contributed by atoms with E-state index in [-0.39, 0.29) is 17.2 Å². The monoisotopic (exact) mass is 207 g/mol. The molecule has 1 aromatic heterocycles. The van der Waals surface area contributed by atoms with Gasteiger partial charge in [0.15, 0.2) is 5.82 Å². The molecular weight excluding hydrogens is 190 g/mol. The van der Waals surface area contributed by atoms with Gasteiger partial charge in [-0.15, -0.1) is 0 Å². The van der Waals surface area contributed by atoms with E-state index in [1.54, 1.807) is 0 Å². The van der Waals surface area contributed by atoms with E-state index in [9.17, 15) is 4.79 Å². The number of carbonyl (C=O) groups is 1. The number of hydrogen-bond donors (Lipinski definition) is 2. The molecule has 1 atom stereocenters. The van der Waals surface area contributed by atoms with Crippen LogP contribution in [0.3, 0.4) is 0 Å². The molecule has 1 saturated carbocycles. The lowest BCUT2D eigenvalue weighted by Crippen LogP contribution is -2.16. The summed E-state index contributed by atoms with van der Waals surface area (Å²) < 4.78 is 0. The standard InChI is InChI=1S/C11H17N3O/c1-4-7-5-9(14-13-7)12-10(15)8-6-11(8,2)3/h5,8H,4,6H2,1-3H3,(H2,12,13,14,15). The third-order valence-electron chi connectivity index (χ3n) is 3.09. The first kappa shape index (κ1) is 10.2. The van der Waals surface area contributed by atoms with Gasteiger partial charge in [0.2, 0.25) is 5.91 Å². The van der Waals surface area contributed by atoms with Gasteiger partial charge in [0.05, 0.1) is 0 Å². The zero-order chi connectivity index (χ0) is 11.1. The molecule has 1 heterocycles. The van der Waals surface area contributed by atoms with Gasteiger partial charge in [-0.05, 0) is 18.3 Å². The lowest BCUT2D eigenvalue weighted by Gasteiger charge is -2.02. The van der Waals surface area contributed by atoms with Crippen molar-refractivity contribution in [2.75, 3.05) is 5.32 Å². The normalized spacial score (nSPS) is 22.5. The zero-order valence-corrected chi connectivity index (χ0v) is 9.42. The number of aryl methyl sites for hydroxylation is 1. The molecule has 1 unspecified atom stereocenters. The van der Waals surface area contributed by atoms with Crippen molar-refractivity contribution < 1.29 is 4.79 Å². The molecule has 0 spiro atoms. The molecule has 1 amide bonds. The molecule has 0 radical (unpaired) electrons. The molecule has 0 aromatic carbocycles. The number of anilines is 1. The Morgan fingerprint density at radius 2 is 2.40 bits per heavy atom. The van der Waals surface area contributed by atoms with Crippen LogP contribution in [0.15, 0.2) is 6.07 Å². The number of carbonyl (C=O) groups excluding carboxylic acids is 1. The minimum atomic E-state index is 0.0918. The lowest BCUT2D eigenvalue weighted by atomic mass is 10.1. The summed E-state index contributed by atoms with van der Waals surface area (Å²) in [5.74, 6) is 0.882. The van der Waals surface area contributed by atoms with E-state index < -0.39 is 0 Å². The maximum atomic E-state index is 11.7. The molecule has 0 aliphatic heterocycles. The van der Waals surface area contributed by atoms with E-state index >= 15 is 0 Å². The SMILES string of the molecule is CCc1cc(NC(=O)C2CC2(C)C)n[nH]1. The van der Waals surface area contributed by atoms with Gasteiger partial charge >= 0.3 is 0 Å². The summed E-state index contributed by atoms with van der Waals surface area (Å²) in [6, 6.07) is 1.88. The van der Waals surface area contributed by atoms with Crippen LogP contribution in [0.2, 0.25) is 0 Å². The minimum absolute atomic E-state index is 0.0918. The van der Waals surface area contributed by atoms with Gasteiger partial charge in [-0.2, -0.15) is 5.10 Å². The Labute approximate surface area is 89.5 Å². The van der Waals surface area contributed by atoms with Gasteiger partial charge in [0.25, 0.3) is 0 Å². The second kappa shape index (κ2) is 3.36. The van der Waals surface area contributed by atoms with Crippen LogP contribution in [0, 0.1) is 11.3 Å². The van der Waals surface area contributed by atoms with Crippen molar-refractivity contribution in [3.8, 4) is 0 Å². The Morgan fingerprint density at radius 3 is 2.87 bits per heavy atom. The highest BCUT2D eigenvalue weighted by Crippen LogP contribution is 2.51. The molecule has 1 aromatic rings. The molecule has 0 bridgehead atoms. The van der Waals surface area contributed by atoms with Gasteiger partial charge in [0, 0.05) is 17.7 Å². The molecule has 4 heteroatoms. The van der Waals surface area contributed by atoms with Crippen molar-refractivity contribution in [3.63, 3.8) is 0 Å². The van der Waals surface area contributed by atoms with Crippen molar-refractivity contribution >= 4 is 11.7 Å². The molecule has 2 rings (SSSR count). The highest BCUT2D eigenvalue weighted by atomic mass is 16.2. The fourth-order valence-corrected chi connectivity index (χ4v) is 1.73. The van der Waals surface area contributed by atoms with Crippen LogP contribution in [0.4, 0.5) is 5.82 Å². The number of rotatable bonds is 3. The Kier molecular flexibility index (Phi) is 2.29. The van der Waals surface area contributed by atoms with Crippen LogP contribution in [-0.2, 0) is 11.2 Å². The topological polar surface area (TPSA) is 57.8 Å². The molecule has 15 heavy (non-hydrogen) atoms. The lowest BCUT2D eigenvalue weighted by molar-refractivity contribution is -0.118. The summed E-state index contributed by atoms with van der Waals surface area (Å²) in [6.07, 6.45) is 1.88. The van der Waals surface area contributed by atoms with Crippen LogP contribution in [0.25, 0.3) is 0 Å². The van der Waals surface area contributed by atoms with Crippen molar-refractivity contribution in [2.24, 2.45) is 11.3 Å². The number of aromatic nitrogens is 2. The largest absolute Gasteiger partial charge is 0.309 e. The van der Waals surface area contributed by atoms with Crippen LogP contribution in [0.5, 0.6) is 0 Å². The fraction of sp³-hybridized carbons (Fsp3) is 0.636. The highest BCUT2D eigenvalue weighted by Gasteiger charge is 2.50. The van der Waals surface area contributed by atoms with Crippen molar-refractivity contribution in [1.29, 1.82) is 0 Å². The summed E-state index contributed by atoms with van der Waals surface area (Å²) in [5, 5.41) is 9.74. The Morgan fingerprint density at radius 1 is 1.73 bits per heavy atom. The van der Waals surface area contributed by atoms with E-state index in [1.165, 1.54) is 0 Å². The Balaban J connectivity index is 1.95. The van der Waals surface area contributed by atoms with Crippen LogP contribution < -0.4 is 5.32 Å². The van der Waals surface area contributed by atoms with Gasteiger partial charge in [0.1, 0.15) is 0 Å². The van der Waals surface area contributed by atoms with Crippen molar-refractivity contribution in [3.05, 3.63) is 11.8 Å². The number of nitrogens with zero attached hydrogens (tertiary/aromatic N) is 1. The van der Waals surface area contributed by atoms with Gasteiger partial charge in [-0.25, -0.2) is 0 Å². The summed E-state index contributed by atoms with van der Waals surface area (Å²) in [4.78, 5) is 11.7. The summed E-state index contributed by atoms with van der Waals surface area (Å²) >= 11 is 0. The maximum Gasteiger partial charge on any atom is 0.229 e. The Bertz CT molecular complexity index is 381. The average Bonchev–Trinajstić information content (AvgIpc) is 2.62. The molecule has 2 N–H and O–H groups in total. The first-order chi connectivity index (χ1) is 7.03. The summed E-state index contributed by atoms with van der Waals surface area (Å²) in [7, 11) is 0. The molecule has 1 aliphatic rings. The number of nitrogens with one attached hydrogen (secondary N) is 2. The van der Waals surface area contributed by atoms with Gasteiger partial charge < -0.3 is 5.32 Å². The fourth-order valence-electron chi connectivity index (χ4n) is 1.73. The quantitative estimate of drug-likeness (QED) is 0.796. The second-order valence-electron chi connectivity index (χ2n) is 4.87. The predicted molar refractivity (Wildman–Crippen MR) is 58.5 cm³/mol. The molecule has 1 fully saturated rings. The van der Waals surface area contributed by atoms with Crippen LogP contribution >= 0.6 is 0 Å². The van der Waals surface area contributed by atoms with Crippen LogP contribution in [0.1, 0.15) is 32.9 Å². The minimum Gasteiger partial charge on any atom is -0.309 e. The van der Waals surface area contributed by atoms with Crippen LogP contribution in [-0.4, -0.2) is 16.1 Å². The van der Waals surface area contributed by atoms with E-state index in [0.717, 1.165) is 18.5 Å². The summed E-state index contributed by atoms with van der Waals surface area (Å²) in [5.41, 5.74) is 1.22. The maximum absolute atomic E-state index is 11.7. The predicted octanol–water partition coefficient (Wildman–Crippen LogP) is 1.96. The number of hydrogen-bond acceptors (Lipinski definition) is 2. The number of amides is 1. The van der Waals surface area contributed by atoms with Gasteiger partial charge in [-0.1, -0.05) is 20.8 Å².